The Hall–Kier alpha value is -2.15. The fourth-order valence-electron chi connectivity index (χ4n) is 1.95. The minimum absolute atomic E-state index is 0.213. The van der Waals surface area contributed by atoms with Crippen LogP contribution in [0.15, 0.2) is 36.7 Å². The number of pyridine rings is 1. The van der Waals surface area contributed by atoms with Gasteiger partial charge in [-0.2, -0.15) is 13.2 Å². The number of hydrogen-bond donors (Lipinski definition) is 1. The van der Waals surface area contributed by atoms with Crippen LogP contribution in [-0.2, 0) is 6.18 Å². The van der Waals surface area contributed by atoms with Gasteiger partial charge in [-0.3, -0.25) is 4.98 Å². The molecule has 3 nitrogen and oxygen atoms in total. The molecular weight excluding hydrogens is 288 g/mol. The number of aromatic nitrogens is 1. The highest BCUT2D eigenvalue weighted by Crippen LogP contribution is 2.34. The first-order chi connectivity index (χ1) is 9.84. The van der Waals surface area contributed by atoms with Crippen LogP contribution in [-0.4, -0.2) is 12.1 Å². The number of ether oxygens (including phenoxy) is 1. The van der Waals surface area contributed by atoms with E-state index in [1.54, 1.807) is 6.07 Å². The second-order valence-corrected chi connectivity index (χ2v) is 4.33. The number of halogens is 4. The molecule has 1 atom stereocenters. The van der Waals surface area contributed by atoms with Crippen LogP contribution in [0.2, 0.25) is 0 Å². The van der Waals surface area contributed by atoms with E-state index in [1.807, 2.05) is 0 Å². The smallest absolute Gasteiger partial charge is 0.419 e. The molecule has 0 amide bonds. The second kappa shape index (κ2) is 5.69. The van der Waals surface area contributed by atoms with Gasteiger partial charge in [0.2, 0.25) is 0 Å². The second-order valence-electron chi connectivity index (χ2n) is 4.33. The standard InChI is InChI=1S/C14H12F4N2O/c1-21-12-7-20-5-4-9(12)13(19)8-2-3-10(11(15)6-8)14(16,17)18/h2-7,13H,19H2,1H3. The number of methoxy groups -OCH3 is 1. The van der Waals surface area contributed by atoms with Crippen molar-refractivity contribution in [3.05, 3.63) is 59.2 Å². The third kappa shape index (κ3) is 3.13. The van der Waals surface area contributed by atoms with Gasteiger partial charge in [0, 0.05) is 11.8 Å². The molecule has 0 spiro atoms. The van der Waals surface area contributed by atoms with Gasteiger partial charge < -0.3 is 10.5 Å². The lowest BCUT2D eigenvalue weighted by Gasteiger charge is -2.17. The maximum atomic E-state index is 13.6. The Morgan fingerprint density at radius 1 is 1.24 bits per heavy atom. The molecule has 2 N–H and O–H groups in total. The Morgan fingerprint density at radius 3 is 2.52 bits per heavy atom. The van der Waals surface area contributed by atoms with Gasteiger partial charge in [-0.15, -0.1) is 0 Å². The van der Waals surface area contributed by atoms with Gasteiger partial charge in [0.25, 0.3) is 0 Å². The van der Waals surface area contributed by atoms with Crippen molar-refractivity contribution in [1.29, 1.82) is 0 Å². The fourth-order valence-corrected chi connectivity index (χ4v) is 1.95. The van der Waals surface area contributed by atoms with Crippen molar-refractivity contribution in [2.24, 2.45) is 5.73 Å². The lowest BCUT2D eigenvalue weighted by molar-refractivity contribution is -0.140. The minimum Gasteiger partial charge on any atom is -0.495 e. The first kappa shape index (κ1) is 15.2. The third-order valence-corrected chi connectivity index (χ3v) is 3.03. The highest BCUT2D eigenvalue weighted by atomic mass is 19.4. The summed E-state index contributed by atoms with van der Waals surface area (Å²) in [5.41, 5.74) is 5.36. The van der Waals surface area contributed by atoms with E-state index in [1.165, 1.54) is 19.5 Å². The molecule has 1 aromatic carbocycles. The molecule has 112 valence electrons. The molecule has 0 saturated heterocycles. The SMILES string of the molecule is COc1cnccc1C(N)c1ccc(C(F)(F)F)c(F)c1. The number of alkyl halides is 3. The van der Waals surface area contributed by atoms with E-state index in [4.69, 9.17) is 10.5 Å². The van der Waals surface area contributed by atoms with Crippen molar-refractivity contribution >= 4 is 0 Å². The van der Waals surface area contributed by atoms with Crippen LogP contribution in [0.3, 0.4) is 0 Å². The lowest BCUT2D eigenvalue weighted by Crippen LogP contribution is -2.15. The van der Waals surface area contributed by atoms with Crippen molar-refractivity contribution in [3.63, 3.8) is 0 Å². The molecule has 21 heavy (non-hydrogen) atoms. The predicted molar refractivity (Wildman–Crippen MR) is 68.2 cm³/mol. The zero-order valence-corrected chi connectivity index (χ0v) is 11.0. The minimum atomic E-state index is -4.74. The number of hydrogen-bond acceptors (Lipinski definition) is 3. The van der Waals surface area contributed by atoms with Crippen molar-refractivity contribution in [2.45, 2.75) is 12.2 Å². The van der Waals surface area contributed by atoms with Crippen LogP contribution in [0.1, 0.15) is 22.7 Å². The first-order valence-electron chi connectivity index (χ1n) is 5.94. The van der Waals surface area contributed by atoms with Gasteiger partial charge in [0.15, 0.2) is 0 Å². The summed E-state index contributed by atoms with van der Waals surface area (Å²) in [6, 6.07) is 3.36. The summed E-state index contributed by atoms with van der Waals surface area (Å²) in [5, 5.41) is 0. The van der Waals surface area contributed by atoms with Crippen molar-refractivity contribution in [3.8, 4) is 5.75 Å². The normalized spacial score (nSPS) is 13.0. The molecule has 1 aromatic heterocycles. The molecule has 2 rings (SSSR count). The zero-order chi connectivity index (χ0) is 15.6. The van der Waals surface area contributed by atoms with Crippen LogP contribution in [0.4, 0.5) is 17.6 Å². The van der Waals surface area contributed by atoms with Crippen LogP contribution in [0.5, 0.6) is 5.75 Å². The van der Waals surface area contributed by atoms with Crippen LogP contribution in [0.25, 0.3) is 0 Å². The third-order valence-electron chi connectivity index (χ3n) is 3.03. The average molecular weight is 300 g/mol. The van der Waals surface area contributed by atoms with Gasteiger partial charge in [0.1, 0.15) is 11.6 Å². The van der Waals surface area contributed by atoms with Crippen molar-refractivity contribution in [1.82, 2.24) is 4.98 Å². The monoisotopic (exact) mass is 300 g/mol. The summed E-state index contributed by atoms with van der Waals surface area (Å²) in [7, 11) is 1.42. The van der Waals surface area contributed by atoms with E-state index < -0.39 is 23.6 Å². The molecule has 1 heterocycles. The molecule has 0 bridgehead atoms. The van der Waals surface area contributed by atoms with E-state index in [-0.39, 0.29) is 5.56 Å². The summed E-state index contributed by atoms with van der Waals surface area (Å²) >= 11 is 0. The van der Waals surface area contributed by atoms with Crippen molar-refractivity contribution in [2.75, 3.05) is 7.11 Å². The summed E-state index contributed by atoms with van der Waals surface area (Å²) in [5.74, 6) is -0.978. The maximum Gasteiger partial charge on any atom is 0.419 e. The van der Waals surface area contributed by atoms with E-state index in [0.717, 1.165) is 12.1 Å². The van der Waals surface area contributed by atoms with Crippen LogP contribution in [0, 0.1) is 5.82 Å². The van der Waals surface area contributed by atoms with E-state index >= 15 is 0 Å². The Kier molecular flexibility index (Phi) is 4.13. The van der Waals surface area contributed by atoms with Gasteiger partial charge >= 0.3 is 6.18 Å². The molecule has 0 aliphatic heterocycles. The Morgan fingerprint density at radius 2 is 1.95 bits per heavy atom. The number of benzene rings is 1. The summed E-state index contributed by atoms with van der Waals surface area (Å²) in [6.07, 6.45) is -1.84. The molecule has 0 radical (unpaired) electrons. The van der Waals surface area contributed by atoms with Gasteiger partial charge in [0.05, 0.1) is 24.9 Å². The molecule has 0 saturated carbocycles. The topological polar surface area (TPSA) is 48.1 Å². The van der Waals surface area contributed by atoms with Crippen LogP contribution < -0.4 is 10.5 Å². The molecule has 7 heteroatoms. The maximum absolute atomic E-state index is 13.6. The Balaban J connectivity index is 2.41. The number of nitrogens with two attached hydrogens (primary N) is 1. The van der Waals surface area contributed by atoms with Gasteiger partial charge in [-0.05, 0) is 23.8 Å². The predicted octanol–water partition coefficient (Wildman–Crippen LogP) is 3.30. The van der Waals surface area contributed by atoms with Gasteiger partial charge in [-0.1, -0.05) is 6.07 Å². The highest BCUT2D eigenvalue weighted by molar-refractivity contribution is 5.40. The Bertz CT molecular complexity index is 643. The molecule has 0 aliphatic rings. The lowest BCUT2D eigenvalue weighted by atomic mass is 9.98. The summed E-state index contributed by atoms with van der Waals surface area (Å²) in [6.45, 7) is 0. The molecule has 1 unspecified atom stereocenters. The quantitative estimate of drug-likeness (QED) is 0.885. The zero-order valence-electron chi connectivity index (χ0n) is 11.0. The number of rotatable bonds is 3. The fraction of sp³-hybridized carbons (Fsp3) is 0.214. The van der Waals surface area contributed by atoms with E-state index in [9.17, 15) is 17.6 Å². The first-order valence-corrected chi connectivity index (χ1v) is 5.94. The molecule has 0 aliphatic carbocycles. The molecule has 0 fully saturated rings. The van der Waals surface area contributed by atoms with E-state index in [0.29, 0.717) is 17.4 Å². The largest absolute Gasteiger partial charge is 0.495 e. The highest BCUT2D eigenvalue weighted by Gasteiger charge is 2.34. The summed E-state index contributed by atoms with van der Waals surface area (Å²) < 4.78 is 56.2. The molecule has 2 aromatic rings. The average Bonchev–Trinajstić information content (AvgIpc) is 2.45. The van der Waals surface area contributed by atoms with E-state index in [2.05, 4.69) is 4.98 Å². The van der Waals surface area contributed by atoms with Crippen molar-refractivity contribution < 1.29 is 22.3 Å². The van der Waals surface area contributed by atoms with Crippen LogP contribution >= 0.6 is 0 Å². The summed E-state index contributed by atoms with van der Waals surface area (Å²) in [4.78, 5) is 3.85. The Labute approximate surface area is 118 Å². The van der Waals surface area contributed by atoms with Gasteiger partial charge in [-0.25, -0.2) is 4.39 Å². The number of nitrogens with zero attached hydrogens (tertiary/aromatic N) is 1. The molecular formula is C14H12F4N2O.